The van der Waals surface area contributed by atoms with Crippen LogP contribution in [0.25, 0.3) is 0 Å². The van der Waals surface area contributed by atoms with E-state index in [9.17, 15) is 9.59 Å². The highest BCUT2D eigenvalue weighted by Gasteiger charge is 2.24. The number of carbonyl (C=O) groups is 2. The van der Waals surface area contributed by atoms with Gasteiger partial charge in [-0.15, -0.1) is 0 Å². The summed E-state index contributed by atoms with van der Waals surface area (Å²) in [6.07, 6.45) is 3.58. The van der Waals surface area contributed by atoms with Gasteiger partial charge < -0.3 is 10.2 Å². The number of benzene rings is 1. The second-order valence-electron chi connectivity index (χ2n) is 5.70. The van der Waals surface area contributed by atoms with E-state index < -0.39 is 0 Å². The number of thioether (sulfide) groups is 1. The average molecular weight is 339 g/mol. The minimum atomic E-state index is -0.147. The van der Waals surface area contributed by atoms with Crippen LogP contribution in [0.5, 0.6) is 0 Å². The first-order valence-electron chi connectivity index (χ1n) is 7.63. The molecule has 1 aromatic carbocycles. The van der Waals surface area contributed by atoms with E-state index in [0.717, 1.165) is 30.7 Å². The predicted molar refractivity (Wildman–Crippen MR) is 90.9 cm³/mol. The van der Waals surface area contributed by atoms with Gasteiger partial charge in [-0.2, -0.15) is 11.8 Å². The van der Waals surface area contributed by atoms with E-state index in [1.165, 1.54) is 5.75 Å². The molecule has 0 aliphatic carbocycles. The van der Waals surface area contributed by atoms with Gasteiger partial charge in [0.2, 0.25) is 5.91 Å². The normalized spacial score (nSPS) is 22.0. The quantitative estimate of drug-likeness (QED) is 0.921. The first kappa shape index (κ1) is 15.7. The zero-order valence-electron chi connectivity index (χ0n) is 12.3. The molecule has 4 nitrogen and oxygen atoms in total. The van der Waals surface area contributed by atoms with Crippen molar-refractivity contribution in [3.63, 3.8) is 0 Å². The molecule has 1 N–H and O–H groups in total. The number of hydrogen-bond donors (Lipinski definition) is 1. The Kier molecular flexibility index (Phi) is 4.93. The van der Waals surface area contributed by atoms with Crippen LogP contribution in [0, 0.1) is 0 Å². The molecule has 2 aliphatic heterocycles. The lowest BCUT2D eigenvalue weighted by Crippen LogP contribution is -2.38. The van der Waals surface area contributed by atoms with Crippen LogP contribution in [0.2, 0.25) is 5.02 Å². The molecule has 0 radical (unpaired) electrons. The molecule has 2 fully saturated rings. The summed E-state index contributed by atoms with van der Waals surface area (Å²) in [6.45, 7) is 0.709. The summed E-state index contributed by atoms with van der Waals surface area (Å²) in [4.78, 5) is 26.0. The number of hydrogen-bond acceptors (Lipinski definition) is 3. The average Bonchev–Trinajstić information content (AvgIpc) is 2.95. The van der Waals surface area contributed by atoms with Crippen molar-refractivity contribution < 1.29 is 9.59 Å². The number of nitrogens with zero attached hydrogens (tertiary/aromatic N) is 1. The molecule has 0 saturated carbocycles. The summed E-state index contributed by atoms with van der Waals surface area (Å²) in [5, 5.41) is 3.48. The predicted octanol–water partition coefficient (Wildman–Crippen LogP) is 3.09. The number of carbonyl (C=O) groups excluding carboxylic acids is 2. The molecule has 1 atom stereocenters. The topological polar surface area (TPSA) is 49.4 Å². The molecular formula is C16H19ClN2O2S. The number of halogens is 1. The van der Waals surface area contributed by atoms with Gasteiger partial charge in [0.25, 0.3) is 5.91 Å². The van der Waals surface area contributed by atoms with E-state index in [1.807, 2.05) is 11.8 Å². The fourth-order valence-corrected chi connectivity index (χ4v) is 4.17. The standard InChI is InChI=1S/C16H19ClN2O2S/c17-14-6-5-12(19-7-1-4-15(19)20)9-13(14)16(21)18-11-3-2-8-22-10-11/h5-6,9,11H,1-4,7-8,10H2,(H,18,21)/t11-/m1/s1. The highest BCUT2D eigenvalue weighted by molar-refractivity contribution is 7.99. The zero-order valence-corrected chi connectivity index (χ0v) is 13.9. The van der Waals surface area contributed by atoms with E-state index in [0.29, 0.717) is 23.6 Å². The maximum atomic E-state index is 12.5. The minimum Gasteiger partial charge on any atom is -0.348 e. The fraction of sp³-hybridized carbons (Fsp3) is 0.500. The Morgan fingerprint density at radius 1 is 1.36 bits per heavy atom. The fourth-order valence-electron chi connectivity index (χ4n) is 2.89. The summed E-state index contributed by atoms with van der Waals surface area (Å²) < 4.78 is 0. The summed E-state index contributed by atoms with van der Waals surface area (Å²) in [6, 6.07) is 5.45. The lowest BCUT2D eigenvalue weighted by Gasteiger charge is -2.23. The first-order valence-corrected chi connectivity index (χ1v) is 9.17. The van der Waals surface area contributed by atoms with Crippen molar-refractivity contribution in [1.82, 2.24) is 5.32 Å². The lowest BCUT2D eigenvalue weighted by atomic mass is 10.1. The Morgan fingerprint density at radius 2 is 2.23 bits per heavy atom. The first-order chi connectivity index (χ1) is 10.6. The molecule has 6 heteroatoms. The van der Waals surface area contributed by atoms with Gasteiger partial charge in [-0.25, -0.2) is 0 Å². The molecule has 2 saturated heterocycles. The summed E-state index contributed by atoms with van der Waals surface area (Å²) in [7, 11) is 0. The van der Waals surface area contributed by atoms with E-state index in [2.05, 4.69) is 5.32 Å². The van der Waals surface area contributed by atoms with Crippen molar-refractivity contribution in [3.8, 4) is 0 Å². The van der Waals surface area contributed by atoms with Crippen LogP contribution in [0.15, 0.2) is 18.2 Å². The van der Waals surface area contributed by atoms with Crippen LogP contribution < -0.4 is 10.2 Å². The SMILES string of the molecule is O=C(N[C@@H]1CCCSC1)c1cc(N2CCCC2=O)ccc1Cl. The number of amides is 2. The molecule has 2 aliphatic rings. The maximum Gasteiger partial charge on any atom is 0.253 e. The van der Waals surface area contributed by atoms with Crippen LogP contribution in [0.4, 0.5) is 5.69 Å². The molecular weight excluding hydrogens is 320 g/mol. The molecule has 118 valence electrons. The van der Waals surface area contributed by atoms with E-state index in [-0.39, 0.29) is 17.9 Å². The molecule has 1 aromatic rings. The Morgan fingerprint density at radius 3 is 2.91 bits per heavy atom. The van der Waals surface area contributed by atoms with Crippen LogP contribution in [0.1, 0.15) is 36.0 Å². The molecule has 0 bridgehead atoms. The third-order valence-corrected chi connectivity index (χ3v) is 5.62. The van der Waals surface area contributed by atoms with Crippen LogP contribution in [-0.4, -0.2) is 35.9 Å². The molecule has 3 rings (SSSR count). The van der Waals surface area contributed by atoms with Gasteiger partial charge in [-0.1, -0.05) is 11.6 Å². The molecule has 2 amide bonds. The maximum absolute atomic E-state index is 12.5. The third-order valence-electron chi connectivity index (χ3n) is 4.08. The second-order valence-corrected chi connectivity index (χ2v) is 7.26. The monoisotopic (exact) mass is 338 g/mol. The van der Waals surface area contributed by atoms with Gasteiger partial charge in [0.1, 0.15) is 0 Å². The van der Waals surface area contributed by atoms with Crippen LogP contribution >= 0.6 is 23.4 Å². The van der Waals surface area contributed by atoms with Crippen LogP contribution in [-0.2, 0) is 4.79 Å². The Balaban J connectivity index is 1.76. The minimum absolute atomic E-state index is 0.109. The highest BCUT2D eigenvalue weighted by Crippen LogP contribution is 2.27. The van der Waals surface area contributed by atoms with E-state index in [1.54, 1.807) is 23.1 Å². The second kappa shape index (κ2) is 6.92. The van der Waals surface area contributed by atoms with Crippen molar-refractivity contribution >= 4 is 40.9 Å². The van der Waals surface area contributed by atoms with Crippen molar-refractivity contribution in [2.45, 2.75) is 31.7 Å². The van der Waals surface area contributed by atoms with Crippen molar-refractivity contribution in [2.75, 3.05) is 23.0 Å². The highest BCUT2D eigenvalue weighted by atomic mass is 35.5. The summed E-state index contributed by atoms with van der Waals surface area (Å²) >= 11 is 8.05. The largest absolute Gasteiger partial charge is 0.348 e. The van der Waals surface area contributed by atoms with Crippen molar-refractivity contribution in [1.29, 1.82) is 0 Å². The number of rotatable bonds is 3. The van der Waals surface area contributed by atoms with Crippen molar-refractivity contribution in [2.24, 2.45) is 0 Å². The van der Waals surface area contributed by atoms with Gasteiger partial charge in [-0.05, 0) is 43.2 Å². The molecule has 2 heterocycles. The molecule has 0 aromatic heterocycles. The van der Waals surface area contributed by atoms with E-state index in [4.69, 9.17) is 11.6 Å². The molecule has 0 unspecified atom stereocenters. The van der Waals surface area contributed by atoms with Gasteiger partial charge in [0.05, 0.1) is 10.6 Å². The van der Waals surface area contributed by atoms with Gasteiger partial charge in [0.15, 0.2) is 0 Å². The molecule has 22 heavy (non-hydrogen) atoms. The Hall–Kier alpha value is -1.20. The summed E-state index contributed by atoms with van der Waals surface area (Å²) in [5.41, 5.74) is 1.21. The summed E-state index contributed by atoms with van der Waals surface area (Å²) in [5.74, 6) is 2.08. The van der Waals surface area contributed by atoms with Gasteiger partial charge >= 0.3 is 0 Å². The van der Waals surface area contributed by atoms with E-state index >= 15 is 0 Å². The number of nitrogens with one attached hydrogen (secondary N) is 1. The molecule has 0 spiro atoms. The number of anilines is 1. The Bertz CT molecular complexity index is 588. The Labute approximate surface area is 139 Å². The van der Waals surface area contributed by atoms with Crippen molar-refractivity contribution in [3.05, 3.63) is 28.8 Å². The van der Waals surface area contributed by atoms with Gasteiger partial charge in [0, 0.05) is 30.4 Å². The zero-order chi connectivity index (χ0) is 15.5. The van der Waals surface area contributed by atoms with Crippen LogP contribution in [0.3, 0.4) is 0 Å². The van der Waals surface area contributed by atoms with Gasteiger partial charge in [-0.3, -0.25) is 9.59 Å². The lowest BCUT2D eigenvalue weighted by molar-refractivity contribution is -0.117. The smallest absolute Gasteiger partial charge is 0.253 e. The third kappa shape index (κ3) is 3.41.